The van der Waals surface area contributed by atoms with Crippen LogP contribution in [0.15, 0.2) is 24.4 Å². The Morgan fingerprint density at radius 3 is 2.48 bits per heavy atom. The number of anilines is 1. The van der Waals surface area contributed by atoms with Gasteiger partial charge in [-0.1, -0.05) is 11.6 Å². The van der Waals surface area contributed by atoms with Gasteiger partial charge in [0, 0.05) is 11.2 Å². The second-order valence-corrected chi connectivity index (χ2v) is 4.92. The molecule has 0 aliphatic heterocycles. The molecule has 6 heteroatoms. The van der Waals surface area contributed by atoms with Crippen LogP contribution in [0.25, 0.3) is 0 Å². The molecule has 1 aromatic carbocycles. The van der Waals surface area contributed by atoms with Gasteiger partial charge in [-0.25, -0.2) is 9.78 Å². The van der Waals surface area contributed by atoms with Gasteiger partial charge in [0.1, 0.15) is 11.4 Å². The molecule has 2 N–H and O–H groups in total. The Morgan fingerprint density at radius 2 is 1.90 bits per heavy atom. The summed E-state index contributed by atoms with van der Waals surface area (Å²) in [5, 5.41) is 0.687. The molecule has 0 unspecified atom stereocenters. The second-order valence-electron chi connectivity index (χ2n) is 4.54. The molecule has 0 bridgehead atoms. The summed E-state index contributed by atoms with van der Waals surface area (Å²) in [6.45, 7) is 3.76. The molecule has 0 aliphatic carbocycles. The molecule has 110 valence electrons. The van der Waals surface area contributed by atoms with Crippen molar-refractivity contribution in [1.82, 2.24) is 4.98 Å². The van der Waals surface area contributed by atoms with E-state index < -0.39 is 5.97 Å². The van der Waals surface area contributed by atoms with Crippen molar-refractivity contribution >= 4 is 23.3 Å². The first-order chi connectivity index (χ1) is 9.93. The Hall–Kier alpha value is -2.27. The third-order valence-corrected chi connectivity index (χ3v) is 3.58. The predicted molar refractivity (Wildman–Crippen MR) is 81.0 cm³/mol. The molecule has 2 rings (SSSR count). The lowest BCUT2D eigenvalue weighted by molar-refractivity contribution is 0.0601. The van der Waals surface area contributed by atoms with E-state index in [9.17, 15) is 4.79 Å². The Labute approximate surface area is 127 Å². The van der Waals surface area contributed by atoms with Crippen LogP contribution in [0.4, 0.5) is 5.69 Å². The average molecular weight is 307 g/mol. The summed E-state index contributed by atoms with van der Waals surface area (Å²) >= 11 is 6.11. The number of halogens is 1. The van der Waals surface area contributed by atoms with Gasteiger partial charge in [-0.3, -0.25) is 0 Å². The summed E-state index contributed by atoms with van der Waals surface area (Å²) in [4.78, 5) is 15.6. The lowest BCUT2D eigenvalue weighted by Crippen LogP contribution is -2.07. The highest BCUT2D eigenvalue weighted by molar-refractivity contribution is 6.32. The number of carbonyl (C=O) groups is 1. The van der Waals surface area contributed by atoms with Crippen molar-refractivity contribution < 1.29 is 14.3 Å². The van der Waals surface area contributed by atoms with Crippen molar-refractivity contribution in [3.05, 3.63) is 46.1 Å². The fourth-order valence-electron chi connectivity index (χ4n) is 1.90. The molecule has 1 heterocycles. The topological polar surface area (TPSA) is 74.4 Å². The third-order valence-electron chi connectivity index (χ3n) is 2.98. The summed E-state index contributed by atoms with van der Waals surface area (Å²) < 4.78 is 10.3. The van der Waals surface area contributed by atoms with Gasteiger partial charge in [0.15, 0.2) is 0 Å². The monoisotopic (exact) mass is 306 g/mol. The van der Waals surface area contributed by atoms with Crippen LogP contribution in [0, 0.1) is 13.8 Å². The number of nitrogens with zero attached hydrogens (tertiary/aromatic N) is 1. The number of nitrogen functional groups attached to an aromatic ring is 1. The van der Waals surface area contributed by atoms with E-state index in [2.05, 4.69) is 9.72 Å². The van der Waals surface area contributed by atoms with E-state index in [0.29, 0.717) is 10.8 Å². The van der Waals surface area contributed by atoms with Crippen molar-refractivity contribution in [2.75, 3.05) is 12.8 Å². The van der Waals surface area contributed by atoms with Gasteiger partial charge in [0.05, 0.1) is 12.7 Å². The molecule has 1 aromatic heterocycles. The molecule has 0 spiro atoms. The van der Waals surface area contributed by atoms with Crippen LogP contribution in [0.3, 0.4) is 0 Å². The third kappa shape index (κ3) is 3.08. The Morgan fingerprint density at radius 1 is 1.29 bits per heavy atom. The van der Waals surface area contributed by atoms with Crippen LogP contribution in [0.1, 0.15) is 21.5 Å². The average Bonchev–Trinajstić information content (AvgIpc) is 2.46. The standard InChI is InChI=1S/C15H15ClN2O3/c1-8-6-10(7-9(2)12(8)16)21-14-13(17)11(4-5-18-14)15(19)20-3/h4-7H,17H2,1-3H3. The van der Waals surface area contributed by atoms with Crippen molar-refractivity contribution in [1.29, 1.82) is 0 Å². The summed E-state index contributed by atoms with van der Waals surface area (Å²) in [6, 6.07) is 5.04. The molecule has 0 aliphatic rings. The number of aryl methyl sites for hydroxylation is 2. The number of esters is 1. The fraction of sp³-hybridized carbons (Fsp3) is 0.200. The van der Waals surface area contributed by atoms with Gasteiger partial charge in [-0.05, 0) is 43.2 Å². The molecule has 0 fully saturated rings. The number of methoxy groups -OCH3 is 1. The van der Waals surface area contributed by atoms with E-state index in [-0.39, 0.29) is 17.1 Å². The fourth-order valence-corrected chi connectivity index (χ4v) is 2.01. The lowest BCUT2D eigenvalue weighted by Gasteiger charge is -2.12. The minimum absolute atomic E-state index is 0.134. The van der Waals surface area contributed by atoms with Crippen molar-refractivity contribution in [3.8, 4) is 11.6 Å². The number of hydrogen-bond donors (Lipinski definition) is 1. The molecular weight excluding hydrogens is 292 g/mol. The van der Waals surface area contributed by atoms with E-state index in [1.54, 1.807) is 12.1 Å². The normalized spacial score (nSPS) is 10.3. The predicted octanol–water partition coefficient (Wildman–Crippen LogP) is 3.51. The van der Waals surface area contributed by atoms with E-state index in [1.807, 2.05) is 13.8 Å². The number of pyridine rings is 1. The number of aromatic nitrogens is 1. The SMILES string of the molecule is COC(=O)c1ccnc(Oc2cc(C)c(Cl)c(C)c2)c1N. The van der Waals surface area contributed by atoms with E-state index >= 15 is 0 Å². The first-order valence-corrected chi connectivity index (χ1v) is 6.59. The van der Waals surface area contributed by atoms with Gasteiger partial charge in [0.25, 0.3) is 0 Å². The number of carbonyl (C=O) groups excluding carboxylic acids is 1. The molecule has 0 saturated heterocycles. The van der Waals surface area contributed by atoms with Crippen molar-refractivity contribution in [3.63, 3.8) is 0 Å². The summed E-state index contributed by atoms with van der Waals surface area (Å²) in [6.07, 6.45) is 1.44. The maximum atomic E-state index is 11.6. The molecule has 0 atom stereocenters. The first-order valence-electron chi connectivity index (χ1n) is 6.21. The van der Waals surface area contributed by atoms with Crippen LogP contribution >= 0.6 is 11.6 Å². The minimum Gasteiger partial charge on any atom is -0.465 e. The lowest BCUT2D eigenvalue weighted by atomic mass is 10.1. The van der Waals surface area contributed by atoms with E-state index in [0.717, 1.165) is 11.1 Å². The summed E-state index contributed by atoms with van der Waals surface area (Å²) in [5.41, 5.74) is 8.01. The molecule has 5 nitrogen and oxygen atoms in total. The van der Waals surface area contributed by atoms with E-state index in [4.69, 9.17) is 22.1 Å². The Kier molecular flexibility index (Phi) is 4.33. The zero-order valence-electron chi connectivity index (χ0n) is 11.9. The largest absolute Gasteiger partial charge is 0.465 e. The van der Waals surface area contributed by atoms with Crippen LogP contribution in [0.5, 0.6) is 11.6 Å². The van der Waals surface area contributed by atoms with Gasteiger partial charge in [0.2, 0.25) is 5.88 Å². The minimum atomic E-state index is -0.539. The molecular formula is C15H15ClN2O3. The van der Waals surface area contributed by atoms with Gasteiger partial charge in [-0.2, -0.15) is 0 Å². The van der Waals surface area contributed by atoms with Crippen LogP contribution < -0.4 is 10.5 Å². The second kappa shape index (κ2) is 6.01. The number of nitrogens with two attached hydrogens (primary N) is 1. The van der Waals surface area contributed by atoms with Crippen molar-refractivity contribution in [2.45, 2.75) is 13.8 Å². The zero-order chi connectivity index (χ0) is 15.6. The molecule has 21 heavy (non-hydrogen) atoms. The highest BCUT2D eigenvalue weighted by Gasteiger charge is 2.16. The zero-order valence-corrected chi connectivity index (χ0v) is 12.7. The highest BCUT2D eigenvalue weighted by Crippen LogP contribution is 2.31. The van der Waals surface area contributed by atoms with Crippen LogP contribution in [-0.2, 0) is 4.74 Å². The van der Waals surface area contributed by atoms with Gasteiger partial charge in [-0.15, -0.1) is 0 Å². The maximum absolute atomic E-state index is 11.6. The number of benzene rings is 1. The molecule has 0 amide bonds. The van der Waals surface area contributed by atoms with Crippen LogP contribution in [-0.4, -0.2) is 18.1 Å². The highest BCUT2D eigenvalue weighted by atomic mass is 35.5. The first kappa shape index (κ1) is 15.1. The quantitative estimate of drug-likeness (QED) is 0.878. The number of rotatable bonds is 3. The Bertz CT molecular complexity index is 678. The summed E-state index contributed by atoms with van der Waals surface area (Å²) in [7, 11) is 1.29. The summed E-state index contributed by atoms with van der Waals surface area (Å²) in [5.74, 6) is 0.165. The van der Waals surface area contributed by atoms with E-state index in [1.165, 1.54) is 19.4 Å². The number of hydrogen-bond acceptors (Lipinski definition) is 5. The van der Waals surface area contributed by atoms with Gasteiger partial charge >= 0.3 is 5.97 Å². The number of ether oxygens (including phenoxy) is 2. The smallest absolute Gasteiger partial charge is 0.340 e. The van der Waals surface area contributed by atoms with Crippen LogP contribution in [0.2, 0.25) is 5.02 Å². The maximum Gasteiger partial charge on any atom is 0.340 e. The molecule has 0 saturated carbocycles. The van der Waals surface area contributed by atoms with Gasteiger partial charge < -0.3 is 15.2 Å². The molecule has 0 radical (unpaired) electrons. The Balaban J connectivity index is 2.38. The van der Waals surface area contributed by atoms with Crippen molar-refractivity contribution in [2.24, 2.45) is 0 Å². The molecule has 2 aromatic rings.